The number of amides is 1. The fraction of sp³-hybridized carbons (Fsp3) is 0.333. The van der Waals surface area contributed by atoms with Gasteiger partial charge < -0.3 is 15.4 Å². The molecule has 1 aromatic rings. The van der Waals surface area contributed by atoms with Gasteiger partial charge in [0.15, 0.2) is 6.10 Å². The van der Waals surface area contributed by atoms with Crippen molar-refractivity contribution in [3.05, 3.63) is 29.3 Å². The van der Waals surface area contributed by atoms with E-state index in [-0.39, 0.29) is 17.4 Å². The lowest BCUT2D eigenvalue weighted by atomic mass is 10.3. The van der Waals surface area contributed by atoms with Crippen molar-refractivity contribution in [3.63, 3.8) is 0 Å². The Kier molecular flexibility index (Phi) is 5.37. The first-order chi connectivity index (χ1) is 8.40. The summed E-state index contributed by atoms with van der Waals surface area (Å²) in [5, 5.41) is 0.559. The molecule has 18 heavy (non-hydrogen) atoms. The molecule has 0 spiro atoms. The minimum absolute atomic E-state index is 0.192. The second-order valence-corrected chi connectivity index (χ2v) is 4.84. The summed E-state index contributed by atoms with van der Waals surface area (Å²) < 4.78 is 5.50. The van der Waals surface area contributed by atoms with Gasteiger partial charge in [-0.2, -0.15) is 0 Å². The van der Waals surface area contributed by atoms with E-state index >= 15 is 0 Å². The minimum atomic E-state index is -0.622. The van der Waals surface area contributed by atoms with Gasteiger partial charge in [-0.1, -0.05) is 29.9 Å². The molecule has 0 aliphatic carbocycles. The molecule has 1 unspecified atom stereocenters. The van der Waals surface area contributed by atoms with Crippen LogP contribution in [0.3, 0.4) is 0 Å². The van der Waals surface area contributed by atoms with Gasteiger partial charge in [-0.15, -0.1) is 0 Å². The zero-order chi connectivity index (χ0) is 13.7. The van der Waals surface area contributed by atoms with E-state index in [1.54, 1.807) is 38.2 Å². The SMILES string of the molecule is CC(Oc1cccc(Cl)c1)C(=O)N(C)CC(N)=S. The van der Waals surface area contributed by atoms with Gasteiger partial charge in [0.1, 0.15) is 5.75 Å². The summed E-state index contributed by atoms with van der Waals surface area (Å²) in [6.45, 7) is 1.90. The highest BCUT2D eigenvalue weighted by atomic mass is 35.5. The van der Waals surface area contributed by atoms with Crippen molar-refractivity contribution >= 4 is 34.7 Å². The van der Waals surface area contributed by atoms with E-state index in [1.807, 2.05) is 0 Å². The summed E-state index contributed by atoms with van der Waals surface area (Å²) in [7, 11) is 1.62. The van der Waals surface area contributed by atoms with Gasteiger partial charge in [0, 0.05) is 12.1 Å². The number of benzene rings is 1. The van der Waals surface area contributed by atoms with E-state index in [0.29, 0.717) is 10.8 Å². The Morgan fingerprint density at radius 2 is 2.28 bits per heavy atom. The molecule has 0 heterocycles. The number of carbonyl (C=O) groups is 1. The molecule has 0 aliphatic rings. The van der Waals surface area contributed by atoms with Crippen molar-refractivity contribution in [1.82, 2.24) is 4.90 Å². The first-order valence-corrected chi connectivity index (χ1v) is 6.14. The van der Waals surface area contributed by atoms with Crippen molar-refractivity contribution in [2.24, 2.45) is 5.73 Å². The molecule has 4 nitrogen and oxygen atoms in total. The standard InChI is InChI=1S/C12H15ClN2O2S/c1-8(12(16)15(2)7-11(14)18)17-10-5-3-4-9(13)6-10/h3-6,8H,7H2,1-2H3,(H2,14,18). The smallest absolute Gasteiger partial charge is 0.263 e. The second kappa shape index (κ2) is 6.56. The molecule has 2 N–H and O–H groups in total. The van der Waals surface area contributed by atoms with Crippen LogP contribution in [0.4, 0.5) is 0 Å². The van der Waals surface area contributed by atoms with Gasteiger partial charge in [-0.05, 0) is 25.1 Å². The molecule has 1 amide bonds. The highest BCUT2D eigenvalue weighted by Gasteiger charge is 2.19. The zero-order valence-electron chi connectivity index (χ0n) is 10.2. The largest absolute Gasteiger partial charge is 0.481 e. The minimum Gasteiger partial charge on any atom is -0.481 e. The van der Waals surface area contributed by atoms with Crippen LogP contribution in [-0.4, -0.2) is 35.5 Å². The molecule has 0 aromatic heterocycles. The summed E-state index contributed by atoms with van der Waals surface area (Å²) in [4.78, 5) is 13.6. The van der Waals surface area contributed by atoms with E-state index in [0.717, 1.165) is 0 Å². The molecule has 0 saturated heterocycles. The molecule has 0 fully saturated rings. The van der Waals surface area contributed by atoms with Gasteiger partial charge in [0.25, 0.3) is 5.91 Å². The van der Waals surface area contributed by atoms with Crippen LogP contribution in [-0.2, 0) is 4.79 Å². The number of carbonyl (C=O) groups excluding carboxylic acids is 1. The van der Waals surface area contributed by atoms with Gasteiger partial charge in [-0.25, -0.2) is 0 Å². The number of likely N-dealkylation sites (N-methyl/N-ethyl adjacent to an activating group) is 1. The van der Waals surface area contributed by atoms with E-state index in [1.165, 1.54) is 4.90 Å². The van der Waals surface area contributed by atoms with Crippen molar-refractivity contribution in [2.75, 3.05) is 13.6 Å². The fourth-order valence-corrected chi connectivity index (χ4v) is 1.79. The highest BCUT2D eigenvalue weighted by molar-refractivity contribution is 7.80. The number of nitrogens with two attached hydrogens (primary N) is 1. The lowest BCUT2D eigenvalue weighted by molar-refractivity contribution is -0.135. The van der Waals surface area contributed by atoms with Gasteiger partial charge >= 0.3 is 0 Å². The van der Waals surface area contributed by atoms with Crippen molar-refractivity contribution in [1.29, 1.82) is 0 Å². The number of ether oxygens (including phenoxy) is 1. The average Bonchev–Trinajstić information content (AvgIpc) is 2.27. The molecule has 98 valence electrons. The second-order valence-electron chi connectivity index (χ2n) is 3.88. The number of rotatable bonds is 5. The van der Waals surface area contributed by atoms with Crippen molar-refractivity contribution in [2.45, 2.75) is 13.0 Å². The molecule has 0 radical (unpaired) electrons. The van der Waals surface area contributed by atoms with Crippen LogP contribution in [0.2, 0.25) is 5.02 Å². The fourth-order valence-electron chi connectivity index (χ4n) is 1.42. The average molecular weight is 287 g/mol. The summed E-state index contributed by atoms with van der Waals surface area (Å²) in [6, 6.07) is 6.88. The number of halogens is 1. The van der Waals surface area contributed by atoms with E-state index in [4.69, 9.17) is 34.3 Å². The van der Waals surface area contributed by atoms with Gasteiger partial charge in [0.2, 0.25) is 0 Å². The molecule has 1 atom stereocenters. The van der Waals surface area contributed by atoms with Crippen molar-refractivity contribution in [3.8, 4) is 5.75 Å². The van der Waals surface area contributed by atoms with Crippen LogP contribution in [0.15, 0.2) is 24.3 Å². The molecule has 0 aliphatic heterocycles. The third kappa shape index (κ3) is 4.50. The highest BCUT2D eigenvalue weighted by Crippen LogP contribution is 2.18. The molecule has 0 bridgehead atoms. The Morgan fingerprint density at radius 3 is 2.83 bits per heavy atom. The summed E-state index contributed by atoms with van der Waals surface area (Å²) >= 11 is 10.6. The Labute approximate surface area is 117 Å². The van der Waals surface area contributed by atoms with Crippen LogP contribution in [0.25, 0.3) is 0 Å². The molecule has 0 saturated carbocycles. The molecular weight excluding hydrogens is 272 g/mol. The number of hydrogen-bond acceptors (Lipinski definition) is 3. The Bertz CT molecular complexity index is 453. The number of hydrogen-bond donors (Lipinski definition) is 1. The number of thiocarbonyl (C=S) groups is 1. The van der Waals surface area contributed by atoms with Gasteiger partial charge in [0.05, 0.1) is 11.5 Å². The van der Waals surface area contributed by atoms with Gasteiger partial charge in [-0.3, -0.25) is 4.79 Å². The third-order valence-corrected chi connectivity index (χ3v) is 2.59. The monoisotopic (exact) mass is 286 g/mol. The normalized spacial score (nSPS) is 11.7. The summed E-state index contributed by atoms with van der Waals surface area (Å²) in [5.41, 5.74) is 5.38. The summed E-state index contributed by atoms with van der Waals surface area (Å²) in [5.74, 6) is 0.356. The predicted molar refractivity (Wildman–Crippen MR) is 76.0 cm³/mol. The third-order valence-electron chi connectivity index (χ3n) is 2.23. The zero-order valence-corrected chi connectivity index (χ0v) is 11.8. The van der Waals surface area contributed by atoms with Crippen molar-refractivity contribution < 1.29 is 9.53 Å². The van der Waals surface area contributed by atoms with E-state index in [2.05, 4.69) is 0 Å². The summed E-state index contributed by atoms with van der Waals surface area (Å²) in [6.07, 6.45) is -0.622. The first-order valence-electron chi connectivity index (χ1n) is 5.35. The maximum atomic E-state index is 11.9. The predicted octanol–water partition coefficient (Wildman–Crippen LogP) is 1.85. The molecule has 1 rings (SSSR count). The van der Waals surface area contributed by atoms with Crippen LogP contribution in [0.5, 0.6) is 5.75 Å². The first kappa shape index (κ1) is 14.7. The maximum absolute atomic E-state index is 11.9. The Balaban J connectivity index is 2.62. The lowest BCUT2D eigenvalue weighted by Crippen LogP contribution is -2.41. The van der Waals surface area contributed by atoms with Crippen LogP contribution < -0.4 is 10.5 Å². The van der Waals surface area contributed by atoms with E-state index < -0.39 is 6.10 Å². The topological polar surface area (TPSA) is 55.6 Å². The quantitative estimate of drug-likeness (QED) is 0.840. The lowest BCUT2D eigenvalue weighted by Gasteiger charge is -2.21. The Morgan fingerprint density at radius 1 is 1.61 bits per heavy atom. The van der Waals surface area contributed by atoms with Crippen LogP contribution >= 0.6 is 23.8 Å². The molecule has 6 heteroatoms. The molecular formula is C12H15ClN2O2S. The van der Waals surface area contributed by atoms with Crippen LogP contribution in [0.1, 0.15) is 6.92 Å². The number of nitrogens with zero attached hydrogens (tertiary/aromatic N) is 1. The van der Waals surface area contributed by atoms with E-state index in [9.17, 15) is 4.79 Å². The Hall–Kier alpha value is -1.33. The van der Waals surface area contributed by atoms with Crippen LogP contribution in [0, 0.1) is 0 Å². The maximum Gasteiger partial charge on any atom is 0.263 e. The molecule has 1 aromatic carbocycles.